The van der Waals surface area contributed by atoms with Crippen molar-refractivity contribution in [2.24, 2.45) is 71.0 Å². The third-order valence-electron chi connectivity index (χ3n) is 18.2. The number of rotatable bonds is 53. The van der Waals surface area contributed by atoms with Crippen molar-refractivity contribution in [3.05, 3.63) is 41.5 Å². The summed E-state index contributed by atoms with van der Waals surface area (Å²) in [6.45, 7) is 38.1. The number of methoxy groups -OCH3 is 1. The molecule has 0 saturated heterocycles. The molecule has 470 valence electrons. The summed E-state index contributed by atoms with van der Waals surface area (Å²) in [5, 5.41) is 0. The van der Waals surface area contributed by atoms with Crippen molar-refractivity contribution >= 4 is 6.29 Å². The molecular weight excluding hydrogens is 997 g/mol. The van der Waals surface area contributed by atoms with Gasteiger partial charge in [0.1, 0.15) is 18.1 Å². The first-order valence-electron chi connectivity index (χ1n) is 34.6. The molecule has 0 bridgehead atoms. The molecule has 0 aromatic heterocycles. The fourth-order valence-corrected chi connectivity index (χ4v) is 12.0. The van der Waals surface area contributed by atoms with E-state index in [0.29, 0.717) is 71.9 Å². The summed E-state index contributed by atoms with van der Waals surface area (Å²) in [7, 11) is 1.63. The van der Waals surface area contributed by atoms with Crippen molar-refractivity contribution in [3.8, 4) is 28.7 Å². The first-order chi connectivity index (χ1) is 38.8. The molecule has 0 N–H and O–H groups in total. The number of aldehydes is 1. The van der Waals surface area contributed by atoms with Gasteiger partial charge in [-0.25, -0.2) is 0 Å². The van der Waals surface area contributed by atoms with Gasteiger partial charge in [0.05, 0.1) is 32.5 Å². The van der Waals surface area contributed by atoms with Crippen LogP contribution < -0.4 is 23.7 Å². The Hall–Kier alpha value is -2.89. The molecule has 2 aromatic carbocycles. The molecule has 0 aliphatic carbocycles. The monoisotopic (exact) mass is 1130 g/mol. The van der Waals surface area contributed by atoms with E-state index in [-0.39, 0.29) is 6.61 Å². The molecule has 0 fully saturated rings. The van der Waals surface area contributed by atoms with Crippen molar-refractivity contribution in [2.45, 2.75) is 303 Å². The molecule has 0 aliphatic rings. The van der Waals surface area contributed by atoms with Gasteiger partial charge in [0.2, 0.25) is 5.75 Å². The van der Waals surface area contributed by atoms with E-state index < -0.39 is 0 Å². The molecule has 81 heavy (non-hydrogen) atoms. The lowest BCUT2D eigenvalue weighted by Crippen LogP contribution is -2.11. The minimum Gasteiger partial charge on any atom is -0.497 e. The SMILES string of the molecule is COc1ccc(C=O)c(OCc2cc(OCCC(C)CCC[C@H](C)CCC[C@H](C)CCCC(C)C)c(OCCC(C)CCC[C@H](C)CCC[C@H](C)CCCC(C)C)c(OCCC(C)CCC[C@H](C)CCC[C@H](C)CCCC(C)C)c2)c1. The standard InChI is InChI=1S/C75H134O6/c1-57(2)26-17-29-60(7)32-20-35-63(10)38-23-41-66(13)46-49-78-73-52-69(56-81-72-54-71(77-16)45-44-70(72)55-76)53-74(79-50-47-67(14)42-24-39-64(11)36-21-33-61(8)30-18-27-58(3)4)75(73)80-51-48-68(15)43-25-40-65(12)37-22-34-62(9)31-19-28-59(5)6/h44-45,52-55,57-68H,17-43,46-51,56H2,1-16H3/t60-,61-,62-,63-,64-,65-,66?,67?,68?/m1/s1. The third kappa shape index (κ3) is 37.9. The molecule has 0 radical (unpaired) electrons. The average Bonchev–Trinajstić information content (AvgIpc) is 3.41. The summed E-state index contributed by atoms with van der Waals surface area (Å²) in [6, 6.07) is 9.48. The van der Waals surface area contributed by atoms with Gasteiger partial charge in [-0.05, 0) is 120 Å². The van der Waals surface area contributed by atoms with Gasteiger partial charge in [-0.3, -0.25) is 4.79 Å². The van der Waals surface area contributed by atoms with E-state index in [1.807, 2.05) is 0 Å². The Morgan fingerprint density at radius 1 is 0.333 bits per heavy atom. The maximum Gasteiger partial charge on any atom is 0.203 e. The second-order valence-electron chi connectivity index (χ2n) is 28.6. The second-order valence-corrected chi connectivity index (χ2v) is 28.6. The Kier molecular flexibility index (Phi) is 41.7. The highest BCUT2D eigenvalue weighted by atomic mass is 16.5. The first-order valence-corrected chi connectivity index (χ1v) is 34.6. The first kappa shape index (κ1) is 74.2. The smallest absolute Gasteiger partial charge is 0.203 e. The van der Waals surface area contributed by atoms with E-state index in [2.05, 4.69) is 116 Å². The zero-order valence-corrected chi connectivity index (χ0v) is 56.4. The van der Waals surface area contributed by atoms with Gasteiger partial charge in [0, 0.05) is 6.07 Å². The van der Waals surface area contributed by atoms with Crippen molar-refractivity contribution < 1.29 is 28.5 Å². The van der Waals surface area contributed by atoms with E-state index in [4.69, 9.17) is 23.7 Å². The van der Waals surface area contributed by atoms with E-state index in [0.717, 1.165) is 84.4 Å². The van der Waals surface area contributed by atoms with Gasteiger partial charge in [0.25, 0.3) is 0 Å². The largest absolute Gasteiger partial charge is 0.497 e. The summed E-state index contributed by atoms with van der Waals surface area (Å²) < 4.78 is 32.4. The molecule has 6 heteroatoms. The van der Waals surface area contributed by atoms with Crippen LogP contribution in [0, 0.1) is 71.0 Å². The number of carbonyl (C=O) groups excluding carboxylic acids is 1. The Balaban J connectivity index is 2.18. The van der Waals surface area contributed by atoms with Crippen molar-refractivity contribution in [2.75, 3.05) is 26.9 Å². The minimum absolute atomic E-state index is 0.241. The van der Waals surface area contributed by atoms with Crippen LogP contribution in [-0.2, 0) is 6.61 Å². The third-order valence-corrected chi connectivity index (χ3v) is 18.2. The van der Waals surface area contributed by atoms with Crippen LogP contribution in [0.15, 0.2) is 30.3 Å². The quantitative estimate of drug-likeness (QED) is 0.0615. The lowest BCUT2D eigenvalue weighted by atomic mass is 9.91. The van der Waals surface area contributed by atoms with Crippen molar-refractivity contribution in [1.29, 1.82) is 0 Å². The van der Waals surface area contributed by atoms with Crippen LogP contribution >= 0.6 is 0 Å². The highest BCUT2D eigenvalue weighted by Crippen LogP contribution is 2.41. The van der Waals surface area contributed by atoms with Gasteiger partial charge in [-0.2, -0.15) is 0 Å². The maximum atomic E-state index is 12.1. The minimum atomic E-state index is 0.241. The van der Waals surface area contributed by atoms with Crippen molar-refractivity contribution in [1.82, 2.24) is 0 Å². The van der Waals surface area contributed by atoms with Crippen LogP contribution in [0.25, 0.3) is 0 Å². The average molecular weight is 1130 g/mol. The summed E-state index contributed by atoms with van der Waals surface area (Å²) in [6.07, 6.45) is 39.8. The predicted molar refractivity (Wildman–Crippen MR) is 351 cm³/mol. The number of hydrogen-bond donors (Lipinski definition) is 0. The number of carbonyl (C=O) groups is 1. The van der Waals surface area contributed by atoms with E-state index in [9.17, 15) is 4.79 Å². The molecular formula is C75H134O6. The molecule has 6 nitrogen and oxygen atoms in total. The molecule has 0 heterocycles. The summed E-state index contributed by atoms with van der Waals surface area (Å²) >= 11 is 0. The molecule has 9 atom stereocenters. The van der Waals surface area contributed by atoms with Crippen LogP contribution in [0.1, 0.15) is 312 Å². The summed E-state index contributed by atoms with van der Waals surface area (Å²) in [4.78, 5) is 12.1. The zero-order valence-electron chi connectivity index (χ0n) is 56.4. The molecule has 0 spiro atoms. The number of ether oxygens (including phenoxy) is 5. The molecule has 0 saturated carbocycles. The number of hydrogen-bond acceptors (Lipinski definition) is 6. The van der Waals surface area contributed by atoms with Gasteiger partial charge >= 0.3 is 0 Å². The number of benzene rings is 2. The lowest BCUT2D eigenvalue weighted by Gasteiger charge is -2.21. The Morgan fingerprint density at radius 3 is 0.901 bits per heavy atom. The molecule has 0 amide bonds. The summed E-state index contributed by atoms with van der Waals surface area (Å²) in [5.74, 6) is 12.3. The van der Waals surface area contributed by atoms with Crippen LogP contribution in [0.3, 0.4) is 0 Å². The van der Waals surface area contributed by atoms with Gasteiger partial charge in [-0.1, -0.05) is 277 Å². The van der Waals surface area contributed by atoms with Crippen LogP contribution in [0.5, 0.6) is 28.7 Å². The van der Waals surface area contributed by atoms with E-state index in [1.165, 1.54) is 173 Å². The van der Waals surface area contributed by atoms with Gasteiger partial charge < -0.3 is 23.7 Å². The second kappa shape index (κ2) is 45.5. The van der Waals surface area contributed by atoms with Crippen LogP contribution in [0.4, 0.5) is 0 Å². The predicted octanol–water partition coefficient (Wildman–Crippen LogP) is 23.6. The topological polar surface area (TPSA) is 63.2 Å². The highest BCUT2D eigenvalue weighted by molar-refractivity contribution is 5.79. The van der Waals surface area contributed by atoms with E-state index >= 15 is 0 Å². The molecule has 0 aliphatic heterocycles. The van der Waals surface area contributed by atoms with Gasteiger partial charge in [0.15, 0.2) is 17.8 Å². The highest BCUT2D eigenvalue weighted by Gasteiger charge is 2.20. The van der Waals surface area contributed by atoms with Gasteiger partial charge in [-0.15, -0.1) is 0 Å². The Morgan fingerprint density at radius 2 is 0.617 bits per heavy atom. The van der Waals surface area contributed by atoms with E-state index in [1.54, 1.807) is 25.3 Å². The maximum absolute atomic E-state index is 12.1. The Labute approximate surface area is 503 Å². The molecule has 2 aromatic rings. The Bertz CT molecular complexity index is 1750. The van der Waals surface area contributed by atoms with Crippen LogP contribution in [-0.4, -0.2) is 33.2 Å². The lowest BCUT2D eigenvalue weighted by molar-refractivity contribution is 0.111. The fourth-order valence-electron chi connectivity index (χ4n) is 12.0. The van der Waals surface area contributed by atoms with Crippen LogP contribution in [0.2, 0.25) is 0 Å². The molecule has 2 rings (SSSR count). The normalized spacial score (nSPS) is 15.3. The summed E-state index contributed by atoms with van der Waals surface area (Å²) in [5.41, 5.74) is 1.40. The molecule has 3 unspecified atom stereocenters. The fraction of sp³-hybridized carbons (Fsp3) is 0.827. The van der Waals surface area contributed by atoms with Crippen molar-refractivity contribution in [3.63, 3.8) is 0 Å². The zero-order chi connectivity index (χ0) is 59.8.